The zero-order valence-electron chi connectivity index (χ0n) is 17.8. The Kier molecular flexibility index (Phi) is 7.39. The highest BCUT2D eigenvalue weighted by Crippen LogP contribution is 2.27. The quantitative estimate of drug-likeness (QED) is 0.658. The molecule has 0 saturated carbocycles. The van der Waals surface area contributed by atoms with Gasteiger partial charge in [0.05, 0.1) is 11.6 Å². The summed E-state index contributed by atoms with van der Waals surface area (Å²) < 4.78 is 19.0. The molecule has 0 spiro atoms. The highest BCUT2D eigenvalue weighted by atomic mass is 19.1. The van der Waals surface area contributed by atoms with Crippen molar-refractivity contribution in [3.8, 4) is 0 Å². The van der Waals surface area contributed by atoms with Gasteiger partial charge >= 0.3 is 5.97 Å². The van der Waals surface area contributed by atoms with Gasteiger partial charge in [0.2, 0.25) is 5.91 Å². The van der Waals surface area contributed by atoms with E-state index in [1.54, 1.807) is 6.07 Å². The van der Waals surface area contributed by atoms with Crippen LogP contribution in [0.15, 0.2) is 48.5 Å². The van der Waals surface area contributed by atoms with Crippen molar-refractivity contribution in [2.75, 3.05) is 24.6 Å². The summed E-state index contributed by atoms with van der Waals surface area (Å²) in [5.41, 5.74) is 2.51. The molecule has 1 aliphatic heterocycles. The van der Waals surface area contributed by atoms with Crippen molar-refractivity contribution in [2.45, 2.75) is 32.6 Å². The average molecular weight is 426 g/mol. The van der Waals surface area contributed by atoms with Gasteiger partial charge in [-0.2, -0.15) is 0 Å². The van der Waals surface area contributed by atoms with E-state index in [-0.39, 0.29) is 24.6 Å². The third kappa shape index (κ3) is 5.90. The molecular formula is C24H27FN2O4. The molecule has 2 amide bonds. The lowest BCUT2D eigenvalue weighted by Gasteiger charge is -2.17. The van der Waals surface area contributed by atoms with Crippen LogP contribution in [0.3, 0.4) is 0 Å². The number of amides is 2. The lowest BCUT2D eigenvalue weighted by molar-refractivity contribution is -0.152. The predicted octanol–water partition coefficient (Wildman–Crippen LogP) is 3.20. The van der Waals surface area contributed by atoms with Gasteiger partial charge in [-0.3, -0.25) is 14.4 Å². The third-order valence-electron chi connectivity index (χ3n) is 5.33. The van der Waals surface area contributed by atoms with Crippen molar-refractivity contribution >= 4 is 23.5 Å². The molecule has 1 atom stereocenters. The first-order valence-corrected chi connectivity index (χ1v) is 10.4. The van der Waals surface area contributed by atoms with E-state index in [9.17, 15) is 18.8 Å². The second kappa shape index (κ2) is 10.2. The summed E-state index contributed by atoms with van der Waals surface area (Å²) in [7, 11) is 0. The Balaban J connectivity index is 1.40. The van der Waals surface area contributed by atoms with Gasteiger partial charge in [-0.1, -0.05) is 50.2 Å². The van der Waals surface area contributed by atoms with Gasteiger partial charge in [0.1, 0.15) is 5.82 Å². The van der Waals surface area contributed by atoms with E-state index in [0.29, 0.717) is 18.9 Å². The minimum absolute atomic E-state index is 0.0343. The summed E-state index contributed by atoms with van der Waals surface area (Å²) in [6.45, 7) is 4.33. The Labute approximate surface area is 181 Å². The molecule has 0 bridgehead atoms. The van der Waals surface area contributed by atoms with Gasteiger partial charge in [0, 0.05) is 19.5 Å². The molecule has 0 unspecified atom stereocenters. The topological polar surface area (TPSA) is 75.7 Å². The zero-order chi connectivity index (χ0) is 22.4. The molecular weight excluding hydrogens is 399 g/mol. The van der Waals surface area contributed by atoms with E-state index in [4.69, 9.17) is 4.74 Å². The lowest BCUT2D eigenvalue weighted by Crippen LogP contribution is -2.32. The molecule has 1 heterocycles. The molecule has 164 valence electrons. The molecule has 1 saturated heterocycles. The van der Waals surface area contributed by atoms with Crippen LogP contribution < -0.4 is 10.2 Å². The third-order valence-corrected chi connectivity index (χ3v) is 5.33. The number of carbonyl (C=O) groups is 3. The molecule has 0 aliphatic carbocycles. The van der Waals surface area contributed by atoms with Gasteiger partial charge in [-0.25, -0.2) is 4.39 Å². The van der Waals surface area contributed by atoms with Crippen LogP contribution in [-0.4, -0.2) is 37.5 Å². The fourth-order valence-electron chi connectivity index (χ4n) is 3.49. The average Bonchev–Trinajstić information content (AvgIpc) is 3.14. The van der Waals surface area contributed by atoms with Crippen LogP contribution in [0.5, 0.6) is 0 Å². The summed E-state index contributed by atoms with van der Waals surface area (Å²) in [6, 6.07) is 14.2. The first-order chi connectivity index (χ1) is 14.8. The van der Waals surface area contributed by atoms with Crippen LogP contribution in [0.4, 0.5) is 10.1 Å². The van der Waals surface area contributed by atoms with Crippen molar-refractivity contribution < 1.29 is 23.5 Å². The number of ether oxygens (including phenoxy) is 1. The Hall–Kier alpha value is -3.22. The molecule has 31 heavy (non-hydrogen) atoms. The standard InChI is InChI=1S/C24H27FN2O4/c1-16(2)18-9-7-17(8-10-18)11-12-26-22(28)15-31-24(30)19-13-23(29)27(14-19)21-6-4-3-5-20(21)25/h3-10,16,19H,11-15H2,1-2H3,(H,26,28)/t19-/m1/s1. The lowest BCUT2D eigenvalue weighted by atomic mass is 10.0. The van der Waals surface area contributed by atoms with E-state index in [1.165, 1.54) is 28.7 Å². The van der Waals surface area contributed by atoms with Crippen molar-refractivity contribution in [3.05, 3.63) is 65.5 Å². The van der Waals surface area contributed by atoms with Crippen LogP contribution in [-0.2, 0) is 25.5 Å². The fourth-order valence-corrected chi connectivity index (χ4v) is 3.49. The Bertz CT molecular complexity index is 943. The number of nitrogens with one attached hydrogen (secondary N) is 1. The van der Waals surface area contributed by atoms with E-state index in [1.807, 2.05) is 12.1 Å². The number of para-hydroxylation sites is 1. The number of anilines is 1. The first kappa shape index (κ1) is 22.5. The molecule has 6 nitrogen and oxygen atoms in total. The number of carbonyl (C=O) groups excluding carboxylic acids is 3. The second-order valence-electron chi connectivity index (χ2n) is 7.96. The highest BCUT2D eigenvalue weighted by Gasteiger charge is 2.37. The molecule has 1 fully saturated rings. The van der Waals surface area contributed by atoms with E-state index < -0.39 is 30.2 Å². The van der Waals surface area contributed by atoms with Crippen LogP contribution in [0.1, 0.15) is 37.3 Å². The van der Waals surface area contributed by atoms with Crippen LogP contribution in [0.2, 0.25) is 0 Å². The van der Waals surface area contributed by atoms with Crippen molar-refractivity contribution in [1.29, 1.82) is 0 Å². The largest absolute Gasteiger partial charge is 0.455 e. The van der Waals surface area contributed by atoms with Gasteiger partial charge in [-0.05, 0) is 35.6 Å². The summed E-state index contributed by atoms with van der Waals surface area (Å²) in [5, 5.41) is 2.72. The number of hydrogen-bond donors (Lipinski definition) is 1. The van der Waals surface area contributed by atoms with Gasteiger partial charge in [0.25, 0.3) is 5.91 Å². The summed E-state index contributed by atoms with van der Waals surface area (Å²) >= 11 is 0. The Morgan fingerprint density at radius 3 is 2.55 bits per heavy atom. The van der Waals surface area contributed by atoms with Gasteiger partial charge in [0.15, 0.2) is 6.61 Å². The summed E-state index contributed by atoms with van der Waals surface area (Å²) in [4.78, 5) is 37.7. The molecule has 2 aromatic rings. The normalized spacial score (nSPS) is 15.9. The van der Waals surface area contributed by atoms with E-state index >= 15 is 0 Å². The maximum Gasteiger partial charge on any atom is 0.311 e. The molecule has 1 aliphatic rings. The SMILES string of the molecule is CC(C)c1ccc(CCNC(=O)COC(=O)[C@@H]2CC(=O)N(c3ccccc3F)C2)cc1. The number of hydrogen-bond acceptors (Lipinski definition) is 4. The van der Waals surface area contributed by atoms with Gasteiger partial charge in [-0.15, -0.1) is 0 Å². The van der Waals surface area contributed by atoms with Crippen LogP contribution >= 0.6 is 0 Å². The number of nitrogens with zero attached hydrogens (tertiary/aromatic N) is 1. The van der Waals surface area contributed by atoms with E-state index in [2.05, 4.69) is 31.3 Å². The molecule has 0 aromatic heterocycles. The van der Waals surface area contributed by atoms with Crippen molar-refractivity contribution in [2.24, 2.45) is 5.92 Å². The van der Waals surface area contributed by atoms with Gasteiger partial charge < -0.3 is 15.0 Å². The molecule has 3 rings (SSSR count). The molecule has 0 radical (unpaired) electrons. The summed E-state index contributed by atoms with van der Waals surface area (Å²) in [5.74, 6) is -2.16. The maximum atomic E-state index is 13.9. The second-order valence-corrected chi connectivity index (χ2v) is 7.96. The number of rotatable bonds is 8. The Morgan fingerprint density at radius 2 is 1.87 bits per heavy atom. The smallest absolute Gasteiger partial charge is 0.311 e. The number of benzene rings is 2. The molecule has 2 aromatic carbocycles. The van der Waals surface area contributed by atoms with E-state index in [0.717, 1.165) is 5.56 Å². The minimum atomic E-state index is -0.723. The predicted molar refractivity (Wildman–Crippen MR) is 115 cm³/mol. The number of halogens is 1. The van der Waals surface area contributed by atoms with Crippen LogP contribution in [0.25, 0.3) is 0 Å². The summed E-state index contributed by atoms with van der Waals surface area (Å²) in [6.07, 6.45) is 0.605. The molecule has 1 N–H and O–H groups in total. The maximum absolute atomic E-state index is 13.9. The zero-order valence-corrected chi connectivity index (χ0v) is 17.8. The van der Waals surface area contributed by atoms with Crippen LogP contribution in [0, 0.1) is 11.7 Å². The number of esters is 1. The minimum Gasteiger partial charge on any atom is -0.455 e. The first-order valence-electron chi connectivity index (χ1n) is 10.4. The molecule has 7 heteroatoms. The Morgan fingerprint density at radius 1 is 1.16 bits per heavy atom. The fraction of sp³-hybridized carbons (Fsp3) is 0.375. The van der Waals surface area contributed by atoms with Crippen molar-refractivity contribution in [1.82, 2.24) is 5.32 Å². The highest BCUT2D eigenvalue weighted by molar-refractivity contribution is 5.99. The monoisotopic (exact) mass is 426 g/mol. The van der Waals surface area contributed by atoms with Crippen molar-refractivity contribution in [3.63, 3.8) is 0 Å².